The van der Waals surface area contributed by atoms with Gasteiger partial charge in [0, 0.05) is 37.7 Å². The molecule has 1 N–H and O–H groups in total. The summed E-state index contributed by atoms with van der Waals surface area (Å²) in [5.41, 5.74) is 3.18. The number of nitrogens with zero attached hydrogens (tertiary/aromatic N) is 2. The van der Waals surface area contributed by atoms with Gasteiger partial charge in [0.15, 0.2) is 0 Å². The molecule has 3 aromatic rings. The number of amides is 1. The van der Waals surface area contributed by atoms with Crippen LogP contribution >= 0.6 is 21.6 Å². The maximum absolute atomic E-state index is 12.7. The molecule has 4 rings (SSSR count). The highest BCUT2D eigenvalue weighted by Gasteiger charge is 2.43. The SMILES string of the molecule is O=C(OCCSSCCO)N1CCN(C(c2ccccc2)(c2ccccc2)c2ccccc2)CC1. The average molecular weight is 509 g/mol. The number of aliphatic hydroxyl groups is 1. The minimum absolute atomic E-state index is 0.165. The van der Waals surface area contributed by atoms with Gasteiger partial charge in [-0.1, -0.05) is 113 Å². The number of hydrogen-bond donors (Lipinski definition) is 1. The van der Waals surface area contributed by atoms with E-state index < -0.39 is 5.54 Å². The predicted molar refractivity (Wildman–Crippen MR) is 146 cm³/mol. The van der Waals surface area contributed by atoms with Gasteiger partial charge >= 0.3 is 6.09 Å². The van der Waals surface area contributed by atoms with Gasteiger partial charge in [0.05, 0.1) is 12.1 Å². The minimum atomic E-state index is -0.458. The summed E-state index contributed by atoms with van der Waals surface area (Å²) in [6, 6.07) is 32.0. The fourth-order valence-corrected chi connectivity index (χ4v) is 6.32. The van der Waals surface area contributed by atoms with Crippen molar-refractivity contribution >= 4 is 27.7 Å². The Morgan fingerprint density at radius 3 is 1.66 bits per heavy atom. The zero-order valence-corrected chi connectivity index (χ0v) is 21.4. The third kappa shape index (κ3) is 6.04. The molecular formula is C28H32N2O3S2. The molecule has 35 heavy (non-hydrogen) atoms. The van der Waals surface area contributed by atoms with E-state index >= 15 is 0 Å². The van der Waals surface area contributed by atoms with Gasteiger partial charge in [0.25, 0.3) is 0 Å². The Labute approximate surface area is 215 Å². The molecule has 0 aromatic heterocycles. The number of ether oxygens (including phenoxy) is 1. The van der Waals surface area contributed by atoms with Crippen LogP contribution in [0.4, 0.5) is 4.79 Å². The van der Waals surface area contributed by atoms with Gasteiger partial charge in [0.2, 0.25) is 0 Å². The van der Waals surface area contributed by atoms with E-state index in [9.17, 15) is 4.79 Å². The van der Waals surface area contributed by atoms with Crippen molar-refractivity contribution in [3.05, 3.63) is 108 Å². The topological polar surface area (TPSA) is 53.0 Å². The number of rotatable bonds is 10. The molecule has 0 saturated carbocycles. The van der Waals surface area contributed by atoms with E-state index in [1.54, 1.807) is 21.6 Å². The highest BCUT2D eigenvalue weighted by atomic mass is 33.1. The zero-order valence-electron chi connectivity index (χ0n) is 19.8. The molecule has 1 heterocycles. The fraction of sp³-hybridized carbons (Fsp3) is 0.321. The van der Waals surface area contributed by atoms with Crippen LogP contribution in [0.1, 0.15) is 16.7 Å². The Balaban J connectivity index is 1.55. The fourth-order valence-electron chi connectivity index (χ4n) is 4.72. The quantitative estimate of drug-likeness (QED) is 0.233. The van der Waals surface area contributed by atoms with E-state index in [2.05, 4.69) is 95.9 Å². The Morgan fingerprint density at radius 1 is 0.743 bits per heavy atom. The smallest absolute Gasteiger partial charge is 0.409 e. The lowest BCUT2D eigenvalue weighted by atomic mass is 9.75. The van der Waals surface area contributed by atoms with Gasteiger partial charge in [0.1, 0.15) is 6.61 Å². The summed E-state index contributed by atoms with van der Waals surface area (Å²) in [5.74, 6) is 1.40. The summed E-state index contributed by atoms with van der Waals surface area (Å²) in [4.78, 5) is 17.0. The molecule has 1 aliphatic rings. The van der Waals surface area contributed by atoms with Crippen LogP contribution in [0.25, 0.3) is 0 Å². The van der Waals surface area contributed by atoms with E-state index in [1.807, 2.05) is 4.90 Å². The summed E-state index contributed by atoms with van der Waals surface area (Å²) < 4.78 is 5.51. The van der Waals surface area contributed by atoms with Crippen LogP contribution in [0.15, 0.2) is 91.0 Å². The van der Waals surface area contributed by atoms with Crippen molar-refractivity contribution in [2.45, 2.75) is 5.54 Å². The van der Waals surface area contributed by atoms with E-state index in [1.165, 1.54) is 16.7 Å². The Kier molecular flexibility index (Phi) is 9.54. The summed E-state index contributed by atoms with van der Waals surface area (Å²) in [6.07, 6.45) is -0.248. The first kappa shape index (κ1) is 25.6. The first-order valence-electron chi connectivity index (χ1n) is 12.0. The molecule has 1 aliphatic heterocycles. The number of carbonyl (C=O) groups is 1. The van der Waals surface area contributed by atoms with Crippen molar-refractivity contribution in [1.82, 2.24) is 9.80 Å². The van der Waals surface area contributed by atoms with E-state index in [-0.39, 0.29) is 12.7 Å². The summed E-state index contributed by atoms with van der Waals surface area (Å²) >= 11 is 0. The Hall–Kier alpha value is -2.45. The van der Waals surface area contributed by atoms with E-state index in [0.29, 0.717) is 25.4 Å². The predicted octanol–water partition coefficient (Wildman–Crippen LogP) is 5.11. The van der Waals surface area contributed by atoms with Gasteiger partial charge in [-0.05, 0) is 16.7 Å². The van der Waals surface area contributed by atoms with Crippen LogP contribution in [0.3, 0.4) is 0 Å². The molecule has 0 unspecified atom stereocenters. The van der Waals surface area contributed by atoms with Gasteiger partial charge in [-0.25, -0.2) is 4.79 Å². The van der Waals surface area contributed by atoms with Gasteiger partial charge in [-0.3, -0.25) is 4.90 Å². The second-order valence-corrected chi connectivity index (χ2v) is 11.0. The third-order valence-corrected chi connectivity index (χ3v) is 8.59. The Morgan fingerprint density at radius 2 is 1.20 bits per heavy atom. The number of benzene rings is 3. The van der Waals surface area contributed by atoms with Crippen molar-refractivity contribution < 1.29 is 14.6 Å². The molecule has 0 aliphatic carbocycles. The van der Waals surface area contributed by atoms with Crippen LogP contribution < -0.4 is 0 Å². The van der Waals surface area contributed by atoms with Crippen molar-refractivity contribution in [1.29, 1.82) is 0 Å². The largest absolute Gasteiger partial charge is 0.449 e. The number of carbonyl (C=O) groups excluding carboxylic acids is 1. The normalized spacial score (nSPS) is 14.6. The molecule has 184 valence electrons. The van der Waals surface area contributed by atoms with Crippen LogP contribution in [-0.2, 0) is 10.3 Å². The Bertz CT molecular complexity index is 933. The maximum atomic E-state index is 12.7. The molecule has 7 heteroatoms. The molecule has 0 atom stereocenters. The molecule has 3 aromatic carbocycles. The highest BCUT2D eigenvalue weighted by molar-refractivity contribution is 8.76. The second kappa shape index (κ2) is 13.0. The van der Waals surface area contributed by atoms with Crippen molar-refractivity contribution in [2.75, 3.05) is 50.9 Å². The first-order chi connectivity index (χ1) is 17.3. The van der Waals surface area contributed by atoms with Crippen LogP contribution in [0.2, 0.25) is 0 Å². The third-order valence-electron chi connectivity index (χ3n) is 6.24. The highest BCUT2D eigenvalue weighted by Crippen LogP contribution is 2.42. The lowest BCUT2D eigenvalue weighted by Gasteiger charge is -2.48. The lowest BCUT2D eigenvalue weighted by Crippen LogP contribution is -2.57. The van der Waals surface area contributed by atoms with Gasteiger partial charge < -0.3 is 14.7 Å². The molecule has 1 saturated heterocycles. The number of piperazine rings is 1. The monoisotopic (exact) mass is 508 g/mol. The van der Waals surface area contributed by atoms with E-state index in [0.717, 1.165) is 18.8 Å². The van der Waals surface area contributed by atoms with Crippen molar-refractivity contribution in [3.63, 3.8) is 0 Å². The lowest BCUT2D eigenvalue weighted by molar-refractivity contribution is 0.0545. The molecular weight excluding hydrogens is 476 g/mol. The number of hydrogen-bond acceptors (Lipinski definition) is 6. The average Bonchev–Trinajstić information content (AvgIpc) is 2.93. The van der Waals surface area contributed by atoms with Crippen molar-refractivity contribution in [3.8, 4) is 0 Å². The summed E-state index contributed by atoms with van der Waals surface area (Å²) in [5, 5.41) is 8.85. The molecule has 0 radical (unpaired) electrons. The van der Waals surface area contributed by atoms with Gasteiger partial charge in [-0.2, -0.15) is 0 Å². The maximum Gasteiger partial charge on any atom is 0.409 e. The van der Waals surface area contributed by atoms with E-state index in [4.69, 9.17) is 9.84 Å². The molecule has 1 amide bonds. The molecule has 1 fully saturated rings. The summed E-state index contributed by atoms with van der Waals surface area (Å²) in [7, 11) is 3.21. The molecule has 0 spiro atoms. The number of aliphatic hydroxyl groups excluding tert-OH is 1. The first-order valence-corrected chi connectivity index (χ1v) is 14.4. The molecule has 5 nitrogen and oxygen atoms in total. The summed E-state index contributed by atoms with van der Waals surface area (Å²) in [6.45, 7) is 3.23. The molecule has 0 bridgehead atoms. The van der Waals surface area contributed by atoms with Crippen molar-refractivity contribution in [2.24, 2.45) is 0 Å². The standard InChI is InChI=1S/C28H32N2O3S2/c31-20-22-34-35-23-21-33-27(32)29-16-18-30(19-17-29)28(24-10-4-1-5-11-24,25-12-6-2-7-13-25)26-14-8-3-9-15-26/h1-15,31H,16-23H2. The minimum Gasteiger partial charge on any atom is -0.449 e. The van der Waals surface area contributed by atoms with Gasteiger partial charge in [-0.15, -0.1) is 0 Å². The second-order valence-electron chi connectivity index (χ2n) is 8.26. The van der Waals surface area contributed by atoms with Crippen LogP contribution in [-0.4, -0.2) is 71.9 Å². The van der Waals surface area contributed by atoms with Crippen LogP contribution in [0, 0.1) is 0 Å². The van der Waals surface area contributed by atoms with Crippen LogP contribution in [0.5, 0.6) is 0 Å². The zero-order chi connectivity index (χ0) is 24.3.